The van der Waals surface area contributed by atoms with Gasteiger partial charge in [-0.1, -0.05) is 6.92 Å². The van der Waals surface area contributed by atoms with Gasteiger partial charge in [-0.2, -0.15) is 0 Å². The van der Waals surface area contributed by atoms with Crippen LogP contribution in [0.2, 0.25) is 0 Å². The molecule has 0 N–H and O–H groups in total. The Labute approximate surface area is 90.3 Å². The summed E-state index contributed by atoms with van der Waals surface area (Å²) in [5.74, 6) is 1.79. The van der Waals surface area contributed by atoms with Crippen LogP contribution in [0.1, 0.15) is 25.2 Å². The van der Waals surface area contributed by atoms with Gasteiger partial charge in [-0.15, -0.1) is 0 Å². The van der Waals surface area contributed by atoms with Crippen molar-refractivity contribution in [2.75, 3.05) is 19.0 Å². The monoisotopic (exact) mass is 207 g/mol. The molecule has 0 saturated heterocycles. The molecule has 0 aliphatic carbocycles. The first-order chi connectivity index (χ1) is 7.04. The van der Waals surface area contributed by atoms with Crippen molar-refractivity contribution in [3.05, 3.63) is 17.6 Å². The summed E-state index contributed by atoms with van der Waals surface area (Å²) in [7, 11) is 3.84. The second-order valence-corrected chi connectivity index (χ2v) is 3.76. The van der Waals surface area contributed by atoms with Crippen molar-refractivity contribution >= 4 is 11.6 Å². The molecule has 0 saturated carbocycles. The van der Waals surface area contributed by atoms with Crippen LogP contribution in [0.4, 0.5) is 5.82 Å². The van der Waals surface area contributed by atoms with Crippen LogP contribution >= 0.6 is 0 Å². The van der Waals surface area contributed by atoms with Gasteiger partial charge in [-0.3, -0.25) is 4.79 Å². The van der Waals surface area contributed by atoms with Gasteiger partial charge in [0.15, 0.2) is 0 Å². The average Bonchev–Trinajstić information content (AvgIpc) is 2.17. The highest BCUT2D eigenvalue weighted by molar-refractivity contribution is 5.79. The van der Waals surface area contributed by atoms with Crippen LogP contribution in [-0.2, 0) is 17.6 Å². The Morgan fingerprint density at radius 3 is 2.60 bits per heavy atom. The number of Topliss-reactive ketones (excluding diaryl/α,β-unsaturated/α-hetero) is 1. The smallest absolute Gasteiger partial charge is 0.135 e. The van der Waals surface area contributed by atoms with Gasteiger partial charge in [0, 0.05) is 38.7 Å². The molecule has 1 heterocycles. The number of hydrogen-bond acceptors (Lipinski definition) is 4. The van der Waals surface area contributed by atoms with E-state index in [2.05, 4.69) is 9.97 Å². The number of nitrogens with zero attached hydrogens (tertiary/aromatic N) is 3. The first kappa shape index (κ1) is 11.6. The number of anilines is 1. The lowest BCUT2D eigenvalue weighted by atomic mass is 10.1. The van der Waals surface area contributed by atoms with Gasteiger partial charge in [0.2, 0.25) is 0 Å². The van der Waals surface area contributed by atoms with Crippen LogP contribution < -0.4 is 4.90 Å². The third kappa shape index (κ3) is 3.01. The Morgan fingerprint density at radius 2 is 2.13 bits per heavy atom. The lowest BCUT2D eigenvalue weighted by Gasteiger charge is -2.15. The standard InChI is InChI=1S/C11H17N3O/c1-5-10-12-7-9(6-8(2)15)11(13-10)14(3)4/h7H,5-6H2,1-4H3. The SMILES string of the molecule is CCc1ncc(CC(C)=O)c(N(C)C)n1. The van der Waals surface area contributed by atoms with Gasteiger partial charge < -0.3 is 4.90 Å². The van der Waals surface area contributed by atoms with E-state index in [1.807, 2.05) is 25.9 Å². The highest BCUT2D eigenvalue weighted by atomic mass is 16.1. The molecule has 0 unspecified atom stereocenters. The number of ketones is 1. The minimum atomic E-state index is 0.131. The molecule has 15 heavy (non-hydrogen) atoms. The van der Waals surface area contributed by atoms with Crippen LogP contribution in [0, 0.1) is 0 Å². The summed E-state index contributed by atoms with van der Waals surface area (Å²) < 4.78 is 0. The second-order valence-electron chi connectivity index (χ2n) is 3.76. The van der Waals surface area contributed by atoms with Gasteiger partial charge in [0.05, 0.1) is 0 Å². The van der Waals surface area contributed by atoms with Crippen LogP contribution in [0.3, 0.4) is 0 Å². The average molecular weight is 207 g/mol. The molecule has 0 fully saturated rings. The summed E-state index contributed by atoms with van der Waals surface area (Å²) in [5.41, 5.74) is 0.893. The molecule has 1 rings (SSSR count). The van der Waals surface area contributed by atoms with Crippen molar-refractivity contribution in [2.24, 2.45) is 0 Å². The maximum atomic E-state index is 11.1. The lowest BCUT2D eigenvalue weighted by Crippen LogP contribution is -2.16. The third-order valence-electron chi connectivity index (χ3n) is 2.07. The Morgan fingerprint density at radius 1 is 1.47 bits per heavy atom. The quantitative estimate of drug-likeness (QED) is 0.745. The molecule has 0 radical (unpaired) electrons. The molecule has 82 valence electrons. The van der Waals surface area contributed by atoms with Crippen LogP contribution in [0.5, 0.6) is 0 Å². The van der Waals surface area contributed by atoms with E-state index >= 15 is 0 Å². The molecule has 4 heteroatoms. The molecule has 0 atom stereocenters. The summed E-state index contributed by atoms with van der Waals surface area (Å²) in [6.45, 7) is 3.59. The Kier molecular flexibility index (Phi) is 3.77. The van der Waals surface area contributed by atoms with Crippen molar-refractivity contribution in [3.63, 3.8) is 0 Å². The molecule has 1 aromatic heterocycles. The fourth-order valence-electron chi connectivity index (χ4n) is 1.38. The molecule has 0 aliphatic rings. The van der Waals surface area contributed by atoms with Crippen molar-refractivity contribution in [2.45, 2.75) is 26.7 Å². The molecule has 0 amide bonds. The minimum absolute atomic E-state index is 0.131. The number of carbonyl (C=O) groups excluding carboxylic acids is 1. The number of hydrogen-bond donors (Lipinski definition) is 0. The van der Waals surface area contributed by atoms with Crippen molar-refractivity contribution in [1.82, 2.24) is 9.97 Å². The zero-order chi connectivity index (χ0) is 11.4. The number of carbonyl (C=O) groups is 1. The molecular formula is C11H17N3O. The maximum Gasteiger partial charge on any atom is 0.135 e. The van der Waals surface area contributed by atoms with E-state index in [0.717, 1.165) is 23.6 Å². The summed E-state index contributed by atoms with van der Waals surface area (Å²) in [6.07, 6.45) is 2.96. The fraction of sp³-hybridized carbons (Fsp3) is 0.545. The van der Waals surface area contributed by atoms with Gasteiger partial charge in [0.1, 0.15) is 17.4 Å². The number of aryl methyl sites for hydroxylation is 1. The molecule has 4 nitrogen and oxygen atoms in total. The van der Waals surface area contributed by atoms with Gasteiger partial charge in [-0.25, -0.2) is 9.97 Å². The molecule has 0 aromatic carbocycles. The normalized spacial score (nSPS) is 10.1. The van der Waals surface area contributed by atoms with E-state index in [1.54, 1.807) is 13.1 Å². The largest absolute Gasteiger partial charge is 0.362 e. The molecule has 0 aliphatic heterocycles. The summed E-state index contributed by atoms with van der Waals surface area (Å²) in [4.78, 5) is 21.6. The second kappa shape index (κ2) is 4.87. The zero-order valence-electron chi connectivity index (χ0n) is 9.74. The fourth-order valence-corrected chi connectivity index (χ4v) is 1.38. The highest BCUT2D eigenvalue weighted by Crippen LogP contribution is 2.15. The van der Waals surface area contributed by atoms with Crippen LogP contribution in [0.15, 0.2) is 6.20 Å². The van der Waals surface area contributed by atoms with Crippen LogP contribution in [-0.4, -0.2) is 29.8 Å². The molecule has 0 bridgehead atoms. The van der Waals surface area contributed by atoms with Crippen molar-refractivity contribution in [1.29, 1.82) is 0 Å². The van der Waals surface area contributed by atoms with Gasteiger partial charge in [-0.05, 0) is 6.92 Å². The number of rotatable bonds is 4. The van der Waals surface area contributed by atoms with E-state index in [0.29, 0.717) is 6.42 Å². The van der Waals surface area contributed by atoms with Crippen molar-refractivity contribution < 1.29 is 4.79 Å². The van der Waals surface area contributed by atoms with E-state index in [4.69, 9.17) is 0 Å². The maximum absolute atomic E-state index is 11.1. The van der Waals surface area contributed by atoms with E-state index < -0.39 is 0 Å². The van der Waals surface area contributed by atoms with Gasteiger partial charge >= 0.3 is 0 Å². The molecule has 1 aromatic rings. The first-order valence-electron chi connectivity index (χ1n) is 5.06. The summed E-state index contributed by atoms with van der Waals surface area (Å²) in [5, 5.41) is 0. The Balaban J connectivity index is 3.09. The highest BCUT2D eigenvalue weighted by Gasteiger charge is 2.10. The van der Waals surface area contributed by atoms with Gasteiger partial charge in [0.25, 0.3) is 0 Å². The predicted molar refractivity (Wildman–Crippen MR) is 60.1 cm³/mol. The summed E-state index contributed by atoms with van der Waals surface area (Å²) >= 11 is 0. The molecule has 0 spiro atoms. The van der Waals surface area contributed by atoms with E-state index in [1.165, 1.54) is 0 Å². The third-order valence-corrected chi connectivity index (χ3v) is 2.07. The predicted octanol–water partition coefficient (Wildman–Crippen LogP) is 1.24. The van der Waals surface area contributed by atoms with E-state index in [9.17, 15) is 4.79 Å². The first-order valence-corrected chi connectivity index (χ1v) is 5.06. The zero-order valence-corrected chi connectivity index (χ0v) is 9.74. The van der Waals surface area contributed by atoms with Crippen LogP contribution in [0.25, 0.3) is 0 Å². The lowest BCUT2D eigenvalue weighted by molar-refractivity contribution is -0.116. The molecular weight excluding hydrogens is 190 g/mol. The Hall–Kier alpha value is -1.45. The Bertz CT molecular complexity index is 361. The van der Waals surface area contributed by atoms with Crippen molar-refractivity contribution in [3.8, 4) is 0 Å². The summed E-state index contributed by atoms with van der Waals surface area (Å²) in [6, 6.07) is 0. The topological polar surface area (TPSA) is 46.1 Å². The minimum Gasteiger partial charge on any atom is -0.362 e. The van der Waals surface area contributed by atoms with E-state index in [-0.39, 0.29) is 5.78 Å². The number of aromatic nitrogens is 2.